The predicted octanol–water partition coefficient (Wildman–Crippen LogP) is 2.02. The second kappa shape index (κ2) is 4.87. The normalized spacial score (nSPS) is 13.2. The van der Waals surface area contributed by atoms with Crippen LogP contribution in [0.5, 0.6) is 5.75 Å². The Labute approximate surface area is 95.6 Å². The maximum Gasteiger partial charge on any atom is 0.122 e. The van der Waals surface area contributed by atoms with Crippen molar-refractivity contribution in [2.75, 3.05) is 13.7 Å². The first-order valence-electron chi connectivity index (χ1n) is 5.33. The summed E-state index contributed by atoms with van der Waals surface area (Å²) in [4.78, 5) is 0. The summed E-state index contributed by atoms with van der Waals surface area (Å²) in [6.45, 7) is -0.101. The second-order valence-electron chi connectivity index (χ2n) is 3.60. The Morgan fingerprint density at radius 3 is 3.06 bits per heavy atom. The molecule has 0 aromatic heterocycles. The lowest BCUT2D eigenvalue weighted by Crippen LogP contribution is -2.01. The molecule has 0 spiro atoms. The van der Waals surface area contributed by atoms with Gasteiger partial charge in [-0.2, -0.15) is 0 Å². The van der Waals surface area contributed by atoms with Gasteiger partial charge in [0.25, 0.3) is 0 Å². The van der Waals surface area contributed by atoms with E-state index in [9.17, 15) is 0 Å². The molecule has 0 atom stereocenters. The first-order chi connectivity index (χ1) is 7.86. The molecule has 0 unspecified atom stereocenters. The van der Waals surface area contributed by atoms with Gasteiger partial charge in [0.15, 0.2) is 0 Å². The molecule has 2 rings (SSSR count). The fourth-order valence-electron chi connectivity index (χ4n) is 1.99. The van der Waals surface area contributed by atoms with Crippen LogP contribution in [0.3, 0.4) is 0 Å². The molecule has 2 nitrogen and oxygen atoms in total. The lowest BCUT2D eigenvalue weighted by Gasteiger charge is -2.17. The summed E-state index contributed by atoms with van der Waals surface area (Å²) in [7, 11) is 1.69. The highest BCUT2D eigenvalue weighted by molar-refractivity contribution is 5.82. The van der Waals surface area contributed by atoms with Gasteiger partial charge in [0.05, 0.1) is 7.11 Å². The first-order valence-corrected chi connectivity index (χ1v) is 5.33. The van der Waals surface area contributed by atoms with Crippen LogP contribution in [0.2, 0.25) is 0 Å². The van der Waals surface area contributed by atoms with Gasteiger partial charge in [-0.05, 0) is 24.5 Å². The van der Waals surface area contributed by atoms with Gasteiger partial charge >= 0.3 is 0 Å². The highest BCUT2D eigenvalue weighted by atomic mass is 16.5. The van der Waals surface area contributed by atoms with Crippen LogP contribution in [0.1, 0.15) is 17.5 Å². The van der Waals surface area contributed by atoms with E-state index in [1.807, 2.05) is 12.1 Å². The van der Waals surface area contributed by atoms with Crippen molar-refractivity contribution in [1.29, 1.82) is 0 Å². The van der Waals surface area contributed by atoms with Crippen LogP contribution in [-0.2, 0) is 6.42 Å². The molecular weight excluding hydrogens is 200 g/mol. The van der Waals surface area contributed by atoms with Gasteiger partial charge in [-0.1, -0.05) is 30.0 Å². The van der Waals surface area contributed by atoms with E-state index in [1.54, 1.807) is 7.11 Å². The van der Waals surface area contributed by atoms with Crippen LogP contribution in [0.15, 0.2) is 24.3 Å². The number of fused-ring (bicyclic) bond motifs is 1. The molecule has 1 N–H and O–H groups in total. The molecule has 0 aliphatic heterocycles. The van der Waals surface area contributed by atoms with Gasteiger partial charge < -0.3 is 9.84 Å². The molecule has 0 fully saturated rings. The number of aliphatic hydroxyl groups is 1. The lowest BCUT2D eigenvalue weighted by atomic mass is 9.90. The van der Waals surface area contributed by atoms with Crippen LogP contribution < -0.4 is 4.74 Å². The maximum atomic E-state index is 8.72. The molecule has 1 aliphatic rings. The van der Waals surface area contributed by atoms with E-state index >= 15 is 0 Å². The van der Waals surface area contributed by atoms with Crippen molar-refractivity contribution >= 4 is 5.57 Å². The fraction of sp³-hybridized carbons (Fsp3) is 0.286. The molecule has 0 saturated carbocycles. The summed E-state index contributed by atoms with van der Waals surface area (Å²) in [5, 5.41) is 8.72. The molecular formula is C14H14O2. The van der Waals surface area contributed by atoms with Crippen LogP contribution in [0.25, 0.3) is 5.57 Å². The van der Waals surface area contributed by atoms with Gasteiger partial charge in [0.1, 0.15) is 12.4 Å². The van der Waals surface area contributed by atoms with E-state index in [4.69, 9.17) is 9.84 Å². The largest absolute Gasteiger partial charge is 0.496 e. The summed E-state index contributed by atoms with van der Waals surface area (Å²) in [5.74, 6) is 6.60. The predicted molar refractivity (Wildman–Crippen MR) is 64.2 cm³/mol. The number of hydrogen-bond acceptors (Lipinski definition) is 2. The molecule has 0 radical (unpaired) electrons. The zero-order valence-corrected chi connectivity index (χ0v) is 9.29. The van der Waals surface area contributed by atoms with E-state index in [1.165, 1.54) is 5.56 Å². The fourth-order valence-corrected chi connectivity index (χ4v) is 1.99. The second-order valence-corrected chi connectivity index (χ2v) is 3.60. The topological polar surface area (TPSA) is 29.5 Å². The summed E-state index contributed by atoms with van der Waals surface area (Å²) in [6.07, 6.45) is 4.08. The molecule has 1 aromatic carbocycles. The van der Waals surface area contributed by atoms with Crippen molar-refractivity contribution < 1.29 is 9.84 Å². The molecule has 1 aliphatic carbocycles. The zero-order valence-electron chi connectivity index (χ0n) is 9.29. The van der Waals surface area contributed by atoms with Gasteiger partial charge in [0.2, 0.25) is 0 Å². The standard InChI is InChI=1S/C14H14O2/c1-16-14-9-3-7-12-11(6-4-10-15)5-2-8-13(12)14/h3,5,7,9,15H,2,8,10H2,1H3. The monoisotopic (exact) mass is 214 g/mol. The van der Waals surface area contributed by atoms with Crippen LogP contribution in [0, 0.1) is 11.8 Å². The quantitative estimate of drug-likeness (QED) is 0.725. The number of methoxy groups -OCH3 is 1. The smallest absolute Gasteiger partial charge is 0.122 e. The van der Waals surface area contributed by atoms with Gasteiger partial charge in [-0.3, -0.25) is 0 Å². The Kier molecular flexibility index (Phi) is 3.28. The molecule has 82 valence electrons. The van der Waals surface area contributed by atoms with Crippen LogP contribution >= 0.6 is 0 Å². The van der Waals surface area contributed by atoms with E-state index < -0.39 is 0 Å². The van der Waals surface area contributed by atoms with Crippen molar-refractivity contribution in [2.45, 2.75) is 12.8 Å². The Bertz CT molecular complexity index is 475. The third kappa shape index (κ3) is 1.95. The minimum Gasteiger partial charge on any atom is -0.496 e. The highest BCUT2D eigenvalue weighted by Gasteiger charge is 2.14. The third-order valence-electron chi connectivity index (χ3n) is 2.69. The Balaban J connectivity index is 2.46. The molecule has 0 heterocycles. The molecule has 16 heavy (non-hydrogen) atoms. The minimum absolute atomic E-state index is 0.101. The van der Waals surface area contributed by atoms with Crippen molar-refractivity contribution in [2.24, 2.45) is 0 Å². The lowest BCUT2D eigenvalue weighted by molar-refractivity contribution is 0.350. The van der Waals surface area contributed by atoms with Gasteiger partial charge in [-0.25, -0.2) is 0 Å². The van der Waals surface area contributed by atoms with Crippen molar-refractivity contribution in [1.82, 2.24) is 0 Å². The van der Waals surface area contributed by atoms with Crippen molar-refractivity contribution in [3.63, 3.8) is 0 Å². The first kappa shape index (κ1) is 10.8. The number of allylic oxidation sites excluding steroid dienone is 2. The zero-order chi connectivity index (χ0) is 11.4. The third-order valence-corrected chi connectivity index (χ3v) is 2.69. The van der Waals surface area contributed by atoms with Crippen LogP contribution in [-0.4, -0.2) is 18.8 Å². The average Bonchev–Trinajstić information content (AvgIpc) is 2.35. The van der Waals surface area contributed by atoms with Crippen molar-refractivity contribution in [3.05, 3.63) is 35.4 Å². The summed E-state index contributed by atoms with van der Waals surface area (Å²) in [6, 6.07) is 5.99. The van der Waals surface area contributed by atoms with Gasteiger partial charge in [-0.15, -0.1) is 0 Å². The van der Waals surface area contributed by atoms with Crippen LogP contribution in [0.4, 0.5) is 0 Å². The Morgan fingerprint density at radius 1 is 1.44 bits per heavy atom. The summed E-state index contributed by atoms with van der Waals surface area (Å²) < 4.78 is 5.34. The minimum atomic E-state index is -0.101. The molecule has 2 heteroatoms. The Hall–Kier alpha value is -1.72. The Morgan fingerprint density at radius 2 is 2.31 bits per heavy atom. The number of rotatable bonds is 1. The summed E-state index contributed by atoms with van der Waals surface area (Å²) >= 11 is 0. The van der Waals surface area contributed by atoms with Gasteiger partial charge in [0, 0.05) is 11.1 Å². The van der Waals surface area contributed by atoms with Crippen molar-refractivity contribution in [3.8, 4) is 17.6 Å². The number of benzene rings is 1. The average molecular weight is 214 g/mol. The summed E-state index contributed by atoms with van der Waals surface area (Å²) in [5.41, 5.74) is 3.34. The highest BCUT2D eigenvalue weighted by Crippen LogP contribution is 2.32. The molecule has 0 saturated heterocycles. The van der Waals surface area contributed by atoms with E-state index in [0.29, 0.717) is 0 Å². The number of ether oxygens (including phenoxy) is 1. The SMILES string of the molecule is COc1cccc2c1CCC=C2C#CCO. The molecule has 1 aromatic rings. The van der Waals surface area contributed by atoms with E-state index in [0.717, 1.165) is 29.7 Å². The number of hydrogen-bond donors (Lipinski definition) is 1. The van der Waals surface area contributed by atoms with E-state index in [-0.39, 0.29) is 6.61 Å². The maximum absolute atomic E-state index is 8.72. The van der Waals surface area contributed by atoms with E-state index in [2.05, 4.69) is 24.0 Å². The molecule has 0 amide bonds. The number of aliphatic hydroxyl groups excluding tert-OH is 1. The molecule has 0 bridgehead atoms.